The highest BCUT2D eigenvalue weighted by Gasteiger charge is 2.26. The van der Waals surface area contributed by atoms with Crippen LogP contribution >= 0.6 is 0 Å². The molecule has 0 radical (unpaired) electrons. The Morgan fingerprint density at radius 3 is 2.77 bits per heavy atom. The van der Waals surface area contributed by atoms with Crippen molar-refractivity contribution in [3.05, 3.63) is 11.6 Å². The molecule has 0 aromatic rings. The zero-order chi connectivity index (χ0) is 9.84. The van der Waals surface area contributed by atoms with Crippen LogP contribution in [0.15, 0.2) is 11.6 Å². The molecule has 1 aliphatic rings. The molecule has 3 heteroatoms. The van der Waals surface area contributed by atoms with Gasteiger partial charge >= 0.3 is 0 Å². The summed E-state index contributed by atoms with van der Waals surface area (Å²) >= 11 is 0. The molecule has 76 valence electrons. The number of hydrogen-bond donors (Lipinski definition) is 3. The maximum Gasteiger partial charge on any atom is 0.203 e. The van der Waals surface area contributed by atoms with Gasteiger partial charge in [0.15, 0.2) is 0 Å². The molecule has 4 N–H and O–H groups in total. The van der Waals surface area contributed by atoms with Gasteiger partial charge in [0.25, 0.3) is 0 Å². The molecule has 0 bridgehead atoms. The van der Waals surface area contributed by atoms with Crippen LogP contribution in [-0.2, 0) is 0 Å². The fraction of sp³-hybridized carbons (Fsp3) is 0.800. The number of hydrogen-bond acceptors (Lipinski definition) is 3. The Bertz CT molecular complexity index is 197. The van der Waals surface area contributed by atoms with Crippen molar-refractivity contribution in [2.75, 3.05) is 0 Å². The van der Waals surface area contributed by atoms with Gasteiger partial charge in [0, 0.05) is 6.04 Å². The minimum atomic E-state index is 0.158. The van der Waals surface area contributed by atoms with E-state index in [0.717, 1.165) is 6.42 Å². The minimum absolute atomic E-state index is 0.158. The van der Waals surface area contributed by atoms with E-state index in [1.807, 2.05) is 0 Å². The van der Waals surface area contributed by atoms with E-state index in [1.54, 1.807) is 6.92 Å². The average Bonchev–Trinajstić information content (AvgIpc) is 2.51. The first-order chi connectivity index (χ1) is 6.15. The summed E-state index contributed by atoms with van der Waals surface area (Å²) in [7, 11) is 0. The van der Waals surface area contributed by atoms with Crippen LogP contribution in [0.4, 0.5) is 0 Å². The van der Waals surface area contributed by atoms with Crippen molar-refractivity contribution >= 4 is 0 Å². The van der Waals surface area contributed by atoms with Gasteiger partial charge in [0.05, 0.1) is 5.70 Å². The fourth-order valence-electron chi connectivity index (χ4n) is 2.00. The summed E-state index contributed by atoms with van der Waals surface area (Å²) < 4.78 is 0. The van der Waals surface area contributed by atoms with Gasteiger partial charge in [0.1, 0.15) is 0 Å². The number of nitrogens with one attached hydrogen (secondary N) is 1. The third kappa shape index (κ3) is 2.54. The van der Waals surface area contributed by atoms with E-state index >= 15 is 0 Å². The molecule has 0 aromatic heterocycles. The lowest BCUT2D eigenvalue weighted by Gasteiger charge is -2.20. The molecule has 1 rings (SSSR count). The SMILES string of the molecule is CC[C@H]1CCC[C@H]1N/C(O)=C(/C)N. The van der Waals surface area contributed by atoms with Crippen LogP contribution in [0.2, 0.25) is 0 Å². The van der Waals surface area contributed by atoms with Gasteiger partial charge < -0.3 is 16.2 Å². The molecule has 0 aliphatic heterocycles. The van der Waals surface area contributed by atoms with Gasteiger partial charge in [-0.3, -0.25) is 0 Å². The van der Waals surface area contributed by atoms with Crippen molar-refractivity contribution in [3.63, 3.8) is 0 Å². The molecular weight excluding hydrogens is 164 g/mol. The first-order valence-electron chi connectivity index (χ1n) is 5.07. The number of allylic oxidation sites excluding steroid dienone is 1. The molecule has 0 saturated heterocycles. The van der Waals surface area contributed by atoms with E-state index in [0.29, 0.717) is 17.7 Å². The topological polar surface area (TPSA) is 58.3 Å². The monoisotopic (exact) mass is 184 g/mol. The number of nitrogens with two attached hydrogens (primary N) is 1. The summed E-state index contributed by atoms with van der Waals surface area (Å²) in [4.78, 5) is 0. The predicted octanol–water partition coefficient (Wildman–Crippen LogP) is 1.86. The standard InChI is InChI=1S/C10H20N2O/c1-3-8-5-4-6-9(8)12-10(13)7(2)11/h8-9,12-13H,3-6,11H2,1-2H3/b10-7+/t8-,9+/m0/s1. The van der Waals surface area contributed by atoms with E-state index in [-0.39, 0.29) is 5.88 Å². The first-order valence-corrected chi connectivity index (χ1v) is 5.07. The van der Waals surface area contributed by atoms with Crippen LogP contribution in [0, 0.1) is 5.92 Å². The summed E-state index contributed by atoms with van der Waals surface area (Å²) in [5.74, 6) is 0.854. The second kappa shape index (κ2) is 4.40. The Hall–Kier alpha value is -0.860. The maximum absolute atomic E-state index is 9.44. The van der Waals surface area contributed by atoms with E-state index < -0.39 is 0 Å². The summed E-state index contributed by atoms with van der Waals surface area (Å²) in [6, 6.07) is 0.420. The quantitative estimate of drug-likeness (QED) is 0.587. The maximum atomic E-state index is 9.44. The Balaban J connectivity index is 2.49. The lowest BCUT2D eigenvalue weighted by atomic mass is 10.0. The lowest BCUT2D eigenvalue weighted by Crippen LogP contribution is -2.32. The number of aliphatic hydroxyl groups excluding tert-OH is 1. The zero-order valence-electron chi connectivity index (χ0n) is 8.51. The Kier molecular flexibility index (Phi) is 3.46. The molecule has 0 heterocycles. The third-order valence-electron chi connectivity index (χ3n) is 2.88. The van der Waals surface area contributed by atoms with Crippen LogP contribution < -0.4 is 11.1 Å². The van der Waals surface area contributed by atoms with Crippen LogP contribution in [0.3, 0.4) is 0 Å². The van der Waals surface area contributed by atoms with Gasteiger partial charge in [-0.1, -0.05) is 19.8 Å². The highest BCUT2D eigenvalue weighted by Crippen LogP contribution is 2.28. The van der Waals surface area contributed by atoms with Gasteiger partial charge in [-0.15, -0.1) is 0 Å². The van der Waals surface area contributed by atoms with Gasteiger partial charge in [-0.05, 0) is 25.7 Å². The molecule has 0 amide bonds. The lowest BCUT2D eigenvalue weighted by molar-refractivity contribution is 0.303. The smallest absolute Gasteiger partial charge is 0.203 e. The second-order valence-corrected chi connectivity index (χ2v) is 3.88. The molecule has 2 atom stereocenters. The molecule has 13 heavy (non-hydrogen) atoms. The minimum Gasteiger partial charge on any atom is -0.494 e. The highest BCUT2D eigenvalue weighted by molar-refractivity contribution is 5.00. The summed E-state index contributed by atoms with van der Waals surface area (Å²) in [5.41, 5.74) is 5.94. The zero-order valence-corrected chi connectivity index (χ0v) is 8.51. The van der Waals surface area contributed by atoms with Crippen molar-refractivity contribution in [1.29, 1.82) is 0 Å². The summed E-state index contributed by atoms with van der Waals surface area (Å²) in [6.45, 7) is 3.90. The molecule has 0 aromatic carbocycles. The van der Waals surface area contributed by atoms with Crippen molar-refractivity contribution in [1.82, 2.24) is 5.32 Å². The third-order valence-corrected chi connectivity index (χ3v) is 2.88. The first kappa shape index (κ1) is 10.2. The van der Waals surface area contributed by atoms with Crippen LogP contribution in [0.5, 0.6) is 0 Å². The van der Waals surface area contributed by atoms with Crippen LogP contribution in [-0.4, -0.2) is 11.1 Å². The van der Waals surface area contributed by atoms with Crippen molar-refractivity contribution in [2.45, 2.75) is 45.6 Å². The van der Waals surface area contributed by atoms with Gasteiger partial charge in [-0.2, -0.15) is 0 Å². The largest absolute Gasteiger partial charge is 0.494 e. The van der Waals surface area contributed by atoms with Crippen molar-refractivity contribution in [3.8, 4) is 0 Å². The number of aliphatic hydroxyl groups is 1. The molecule has 1 aliphatic carbocycles. The Morgan fingerprint density at radius 1 is 1.54 bits per heavy atom. The van der Waals surface area contributed by atoms with E-state index in [4.69, 9.17) is 5.73 Å². The average molecular weight is 184 g/mol. The molecule has 1 saturated carbocycles. The van der Waals surface area contributed by atoms with E-state index in [9.17, 15) is 5.11 Å². The summed E-state index contributed by atoms with van der Waals surface area (Å²) in [5, 5.41) is 12.5. The molecule has 0 unspecified atom stereocenters. The van der Waals surface area contributed by atoms with Gasteiger partial charge in [0.2, 0.25) is 5.88 Å². The van der Waals surface area contributed by atoms with Crippen molar-refractivity contribution < 1.29 is 5.11 Å². The van der Waals surface area contributed by atoms with Crippen LogP contribution in [0.25, 0.3) is 0 Å². The molecular formula is C10H20N2O. The normalized spacial score (nSPS) is 30.0. The Labute approximate surface area is 80.0 Å². The van der Waals surface area contributed by atoms with Crippen molar-refractivity contribution in [2.24, 2.45) is 11.7 Å². The van der Waals surface area contributed by atoms with Gasteiger partial charge in [-0.25, -0.2) is 0 Å². The molecule has 1 fully saturated rings. The summed E-state index contributed by atoms with van der Waals surface area (Å²) in [6.07, 6.45) is 4.85. The predicted molar refractivity (Wildman–Crippen MR) is 54.1 cm³/mol. The van der Waals surface area contributed by atoms with Crippen LogP contribution in [0.1, 0.15) is 39.5 Å². The molecule has 3 nitrogen and oxygen atoms in total. The Morgan fingerprint density at radius 2 is 2.23 bits per heavy atom. The van der Waals surface area contributed by atoms with E-state index in [2.05, 4.69) is 12.2 Å². The number of rotatable bonds is 3. The molecule has 0 spiro atoms. The van der Waals surface area contributed by atoms with E-state index in [1.165, 1.54) is 19.3 Å². The second-order valence-electron chi connectivity index (χ2n) is 3.88. The highest BCUT2D eigenvalue weighted by atomic mass is 16.3. The fourth-order valence-corrected chi connectivity index (χ4v) is 2.00.